The number of nitrogens with zero attached hydrogens (tertiary/aromatic N) is 2. The smallest absolute Gasteiger partial charge is 0.427 e. The van der Waals surface area contributed by atoms with Gasteiger partial charge in [0.15, 0.2) is 0 Å². The third-order valence-corrected chi connectivity index (χ3v) is 12.1. The summed E-state index contributed by atoms with van der Waals surface area (Å²) in [6.07, 6.45) is 10.8. The van der Waals surface area contributed by atoms with Gasteiger partial charge >= 0.3 is 7.12 Å². The molecule has 6 rings (SSSR count). The van der Waals surface area contributed by atoms with Gasteiger partial charge in [-0.3, -0.25) is 19.5 Å². The number of carbonyl (C=O) groups is 2. The molecule has 0 bridgehead atoms. The van der Waals surface area contributed by atoms with E-state index >= 15 is 0 Å². The van der Waals surface area contributed by atoms with Crippen molar-refractivity contribution in [1.82, 2.24) is 31.7 Å². The SMILES string of the molecule is COC1CCC2C(C1)C(C1CCC(Cl)CC1)=N[C@@H](CC(=O)NCCNC(=O)C1CC3CCC(B(O)O)CC3N1)C1NNC(C)N21. The molecule has 45 heavy (non-hydrogen) atoms. The maximum Gasteiger partial charge on any atom is 0.454 e. The first-order chi connectivity index (χ1) is 21.7. The minimum Gasteiger partial charge on any atom is -0.427 e. The van der Waals surface area contributed by atoms with Crippen LogP contribution in [0.2, 0.25) is 5.82 Å². The van der Waals surface area contributed by atoms with Gasteiger partial charge in [-0.05, 0) is 88.8 Å². The molecule has 6 aliphatic rings. The molecule has 3 aliphatic carbocycles. The summed E-state index contributed by atoms with van der Waals surface area (Å²) >= 11 is 6.51. The molecule has 0 aromatic heterocycles. The number of fused-ring (bicyclic) bond motifs is 4. The molecule has 0 radical (unpaired) electrons. The van der Waals surface area contributed by atoms with Gasteiger partial charge in [0.05, 0.1) is 36.9 Å². The summed E-state index contributed by atoms with van der Waals surface area (Å²) in [5.41, 5.74) is 8.16. The molecule has 0 spiro atoms. The minimum absolute atomic E-state index is 0.0627. The lowest BCUT2D eigenvalue weighted by molar-refractivity contribution is -0.124. The number of aliphatic imine (C=N–C) groups is 1. The third kappa shape index (κ3) is 7.56. The van der Waals surface area contributed by atoms with Crippen molar-refractivity contribution in [3.05, 3.63) is 0 Å². The predicted molar refractivity (Wildman–Crippen MR) is 173 cm³/mol. The molecule has 3 heterocycles. The highest BCUT2D eigenvalue weighted by Crippen LogP contribution is 2.42. The molecular formula is C31H53BClN7O5. The zero-order valence-electron chi connectivity index (χ0n) is 26.8. The van der Waals surface area contributed by atoms with E-state index in [4.69, 9.17) is 21.3 Å². The van der Waals surface area contributed by atoms with Gasteiger partial charge in [-0.1, -0.05) is 6.42 Å². The largest absolute Gasteiger partial charge is 0.454 e. The van der Waals surface area contributed by atoms with E-state index in [9.17, 15) is 19.6 Å². The fourth-order valence-electron chi connectivity index (χ4n) is 9.27. The van der Waals surface area contributed by atoms with E-state index in [1.807, 2.05) is 7.11 Å². The maximum atomic E-state index is 13.3. The number of rotatable bonds is 9. The van der Waals surface area contributed by atoms with E-state index in [1.165, 1.54) is 5.71 Å². The molecule has 3 aliphatic heterocycles. The average molecular weight is 650 g/mol. The summed E-state index contributed by atoms with van der Waals surface area (Å²) in [4.78, 5) is 34.2. The number of amides is 2. The molecule has 0 aromatic carbocycles. The highest BCUT2D eigenvalue weighted by molar-refractivity contribution is 6.43. The fraction of sp³-hybridized carbons (Fsp3) is 0.903. The summed E-state index contributed by atoms with van der Waals surface area (Å²) in [7, 11) is 0.511. The molecule has 7 N–H and O–H groups in total. The van der Waals surface area contributed by atoms with E-state index < -0.39 is 7.12 Å². The van der Waals surface area contributed by atoms with Crippen molar-refractivity contribution in [2.75, 3.05) is 20.2 Å². The predicted octanol–water partition coefficient (Wildman–Crippen LogP) is 0.869. The van der Waals surface area contributed by atoms with Gasteiger partial charge < -0.3 is 30.7 Å². The second-order valence-corrected chi connectivity index (χ2v) is 15.0. The van der Waals surface area contributed by atoms with Crippen molar-refractivity contribution in [2.24, 2.45) is 22.7 Å². The fourth-order valence-corrected chi connectivity index (χ4v) is 9.52. The number of methoxy groups -OCH3 is 1. The van der Waals surface area contributed by atoms with Crippen molar-refractivity contribution >= 4 is 36.2 Å². The minimum atomic E-state index is -1.30. The van der Waals surface area contributed by atoms with Crippen molar-refractivity contribution in [3.8, 4) is 0 Å². The quantitative estimate of drug-likeness (QED) is 0.109. The lowest BCUT2D eigenvalue weighted by Gasteiger charge is -2.44. The lowest BCUT2D eigenvalue weighted by Crippen LogP contribution is -2.55. The summed E-state index contributed by atoms with van der Waals surface area (Å²) < 4.78 is 5.86. The van der Waals surface area contributed by atoms with Crippen molar-refractivity contribution in [3.63, 3.8) is 0 Å². The molecule has 9 unspecified atom stereocenters. The van der Waals surface area contributed by atoms with Crippen LogP contribution in [0.1, 0.15) is 84.0 Å². The van der Waals surface area contributed by atoms with Crippen LogP contribution in [-0.2, 0) is 14.3 Å². The summed E-state index contributed by atoms with van der Waals surface area (Å²) in [6, 6.07) is -0.0452. The normalized spacial score (nSPS) is 41.7. The monoisotopic (exact) mass is 649 g/mol. The van der Waals surface area contributed by atoms with E-state index in [0.717, 1.165) is 64.2 Å². The number of carbonyl (C=O) groups excluding carboxylic acids is 2. The Bertz CT molecular complexity index is 1080. The molecule has 0 aromatic rings. The van der Waals surface area contributed by atoms with Crippen LogP contribution in [0.4, 0.5) is 0 Å². The van der Waals surface area contributed by atoms with Crippen LogP contribution < -0.4 is 26.8 Å². The van der Waals surface area contributed by atoms with Crippen LogP contribution in [-0.4, -0.2) is 108 Å². The Kier molecular flexibility index (Phi) is 11.1. The van der Waals surface area contributed by atoms with Crippen LogP contribution in [0.5, 0.6) is 0 Å². The highest BCUT2D eigenvalue weighted by atomic mass is 35.5. The van der Waals surface area contributed by atoms with Gasteiger partial charge in [0.25, 0.3) is 0 Å². The molecular weight excluding hydrogens is 597 g/mol. The third-order valence-electron chi connectivity index (χ3n) is 11.7. The second-order valence-electron chi connectivity index (χ2n) is 14.4. The summed E-state index contributed by atoms with van der Waals surface area (Å²) in [5.74, 6) is 0.800. The van der Waals surface area contributed by atoms with E-state index in [0.29, 0.717) is 43.3 Å². The van der Waals surface area contributed by atoms with Crippen LogP contribution in [0.3, 0.4) is 0 Å². The molecule has 14 heteroatoms. The average Bonchev–Trinajstić information content (AvgIpc) is 3.61. The first-order valence-electron chi connectivity index (χ1n) is 17.4. The number of hydrazine groups is 1. The van der Waals surface area contributed by atoms with E-state index in [-0.39, 0.29) is 66.0 Å². The van der Waals surface area contributed by atoms with Gasteiger partial charge in [-0.2, -0.15) is 0 Å². The molecule has 5 fully saturated rings. The Morgan fingerprint density at radius 2 is 1.80 bits per heavy atom. The Labute approximate surface area is 272 Å². The van der Waals surface area contributed by atoms with Gasteiger partial charge in [0.1, 0.15) is 0 Å². The van der Waals surface area contributed by atoms with Crippen LogP contribution in [0.15, 0.2) is 4.99 Å². The molecule has 3 saturated carbocycles. The van der Waals surface area contributed by atoms with E-state index in [1.54, 1.807) is 0 Å². The lowest BCUT2D eigenvalue weighted by atomic mass is 9.62. The highest BCUT2D eigenvalue weighted by Gasteiger charge is 2.50. The maximum absolute atomic E-state index is 13.3. The molecule has 10 atom stereocenters. The summed E-state index contributed by atoms with van der Waals surface area (Å²) in [6.45, 7) is 2.88. The van der Waals surface area contributed by atoms with Crippen molar-refractivity contribution in [2.45, 2.75) is 138 Å². The van der Waals surface area contributed by atoms with Crippen LogP contribution >= 0.6 is 11.6 Å². The van der Waals surface area contributed by atoms with E-state index in [2.05, 4.69) is 38.6 Å². The number of nitrogens with one attached hydrogen (secondary N) is 5. The first-order valence-corrected chi connectivity index (χ1v) is 17.8. The topological polar surface area (TPSA) is 160 Å². The molecule has 252 valence electrons. The van der Waals surface area contributed by atoms with Crippen molar-refractivity contribution in [1.29, 1.82) is 0 Å². The van der Waals surface area contributed by atoms with Gasteiger partial charge in [0, 0.05) is 49.3 Å². The number of hydrogen-bond donors (Lipinski definition) is 7. The molecule has 2 amide bonds. The van der Waals surface area contributed by atoms with Gasteiger partial charge in [-0.25, -0.2) is 10.9 Å². The Balaban J connectivity index is 1.06. The Morgan fingerprint density at radius 3 is 2.56 bits per heavy atom. The standard InChI is InChI=1S/C31H53BClN7O5/c1-17-38-39-30-25(37-29(18-4-7-21(33)8-5-18)23-15-22(45-2)9-10-27(23)40(17)30)16-28(41)34-11-12-35-31(42)26-13-19-3-6-20(32(43)44)14-24(19)36-26/h17-27,30,36,38-39,43-44H,3-16H2,1-2H3,(H,34,41)(H,35,42)/t17?,18?,19?,20?,21?,22?,23?,24?,25-,26?,27?,30?/m0/s1. The summed E-state index contributed by atoms with van der Waals surface area (Å²) in [5, 5.41) is 28.8. The molecule has 12 nitrogen and oxygen atoms in total. The molecule has 2 saturated heterocycles. The first kappa shape index (κ1) is 33.6. The zero-order chi connectivity index (χ0) is 31.7. The Morgan fingerprint density at radius 1 is 1.02 bits per heavy atom. The van der Waals surface area contributed by atoms with Gasteiger partial charge in [0.2, 0.25) is 11.8 Å². The Hall–Kier alpha value is -1.32. The number of hydrogen-bond acceptors (Lipinski definition) is 10. The number of halogens is 1. The van der Waals surface area contributed by atoms with Crippen LogP contribution in [0.25, 0.3) is 0 Å². The second kappa shape index (κ2) is 14.8. The number of alkyl halides is 1. The van der Waals surface area contributed by atoms with Gasteiger partial charge in [-0.15, -0.1) is 11.6 Å². The number of ether oxygens (including phenoxy) is 1. The zero-order valence-corrected chi connectivity index (χ0v) is 27.6. The van der Waals surface area contributed by atoms with Crippen LogP contribution in [0, 0.1) is 17.8 Å². The van der Waals surface area contributed by atoms with Crippen molar-refractivity contribution < 1.29 is 24.4 Å².